The molecular weight excluding hydrogens is 362 g/mol. The van der Waals surface area contributed by atoms with E-state index in [9.17, 15) is 14.4 Å². The number of fused-ring (bicyclic) bond motifs is 1. The highest BCUT2D eigenvalue weighted by molar-refractivity contribution is 9.10. The van der Waals surface area contributed by atoms with Gasteiger partial charge in [-0.05, 0) is 24.3 Å². The number of amides is 2. The molecule has 0 aliphatic carbocycles. The Morgan fingerprint density at radius 3 is 2.52 bits per heavy atom. The normalized spacial score (nSPS) is 14.0. The molecule has 0 atom stereocenters. The maximum atomic E-state index is 12.5. The molecule has 2 aromatic carbocycles. The topological polar surface area (TPSA) is 63.7 Å². The number of nitrogens with zero attached hydrogens (tertiary/aromatic N) is 1. The van der Waals surface area contributed by atoms with Gasteiger partial charge in [0.1, 0.15) is 5.75 Å². The lowest BCUT2D eigenvalue weighted by Gasteiger charge is -2.17. The van der Waals surface area contributed by atoms with E-state index in [0.717, 1.165) is 9.37 Å². The Hall–Kier alpha value is -2.47. The third-order valence-corrected chi connectivity index (χ3v) is 4.01. The van der Waals surface area contributed by atoms with Gasteiger partial charge in [-0.3, -0.25) is 19.3 Å². The zero-order chi connectivity index (χ0) is 16.4. The predicted molar refractivity (Wildman–Crippen MR) is 86.5 cm³/mol. The molecule has 6 heteroatoms. The number of hydrogen-bond donors (Lipinski definition) is 0. The average molecular weight is 374 g/mol. The number of hydrogen-bond acceptors (Lipinski definition) is 4. The summed E-state index contributed by atoms with van der Waals surface area (Å²) < 4.78 is 6.18. The van der Waals surface area contributed by atoms with Crippen molar-refractivity contribution < 1.29 is 19.1 Å². The average Bonchev–Trinajstić information content (AvgIpc) is 2.68. The minimum atomic E-state index is -0.531. The van der Waals surface area contributed by atoms with Crippen molar-refractivity contribution >= 4 is 33.5 Å². The summed E-state index contributed by atoms with van der Waals surface area (Å²) in [6, 6.07) is 13.4. The Morgan fingerprint density at radius 2 is 1.78 bits per heavy atom. The number of halogens is 1. The number of carbonyl (C=O) groups is 3. The fourth-order valence-corrected chi connectivity index (χ4v) is 2.54. The molecule has 0 unspecified atom stereocenters. The second-order valence-electron chi connectivity index (χ2n) is 5.00. The molecule has 0 saturated carbocycles. The molecule has 0 N–H and O–H groups in total. The van der Waals surface area contributed by atoms with Crippen LogP contribution in [0.4, 0.5) is 0 Å². The van der Waals surface area contributed by atoms with Gasteiger partial charge >= 0.3 is 0 Å². The van der Waals surface area contributed by atoms with Crippen LogP contribution in [0.2, 0.25) is 0 Å². The Kier molecular flexibility index (Phi) is 4.25. The van der Waals surface area contributed by atoms with Gasteiger partial charge in [-0.25, -0.2) is 0 Å². The van der Waals surface area contributed by atoms with Crippen LogP contribution in [0.25, 0.3) is 0 Å². The van der Waals surface area contributed by atoms with E-state index in [1.807, 2.05) is 0 Å². The van der Waals surface area contributed by atoms with Crippen molar-refractivity contribution in [1.29, 1.82) is 0 Å². The quantitative estimate of drug-likeness (QED) is 0.612. The SMILES string of the molecule is O=C(CN1C(=O)COc2ccccc2C1=O)c1ccc(Br)cc1. The molecule has 1 heterocycles. The number of ketones is 1. The molecule has 0 aromatic heterocycles. The van der Waals surface area contributed by atoms with Gasteiger partial charge in [-0.2, -0.15) is 0 Å². The molecule has 23 heavy (non-hydrogen) atoms. The smallest absolute Gasteiger partial charge is 0.267 e. The number of carbonyl (C=O) groups excluding carboxylic acids is 3. The molecule has 0 spiro atoms. The van der Waals surface area contributed by atoms with E-state index in [0.29, 0.717) is 11.3 Å². The Morgan fingerprint density at radius 1 is 1.09 bits per heavy atom. The molecule has 1 aliphatic rings. The number of Topliss-reactive ketones (excluding diaryl/α,β-unsaturated/α-hetero) is 1. The van der Waals surface area contributed by atoms with E-state index in [2.05, 4.69) is 15.9 Å². The van der Waals surface area contributed by atoms with Gasteiger partial charge in [0.2, 0.25) is 0 Å². The first-order valence-corrected chi connectivity index (χ1v) is 7.71. The van der Waals surface area contributed by atoms with Crippen molar-refractivity contribution in [3.8, 4) is 5.75 Å². The first kappa shape index (κ1) is 15.4. The van der Waals surface area contributed by atoms with Gasteiger partial charge in [0.05, 0.1) is 12.1 Å². The predicted octanol–water partition coefficient (Wildman–Crippen LogP) is 2.69. The lowest BCUT2D eigenvalue weighted by atomic mass is 10.1. The summed E-state index contributed by atoms with van der Waals surface area (Å²) in [5.41, 5.74) is 0.717. The highest BCUT2D eigenvalue weighted by Crippen LogP contribution is 2.23. The molecule has 2 aromatic rings. The molecule has 0 bridgehead atoms. The monoisotopic (exact) mass is 373 g/mol. The van der Waals surface area contributed by atoms with Gasteiger partial charge < -0.3 is 4.74 Å². The van der Waals surface area contributed by atoms with E-state index in [1.165, 1.54) is 0 Å². The van der Waals surface area contributed by atoms with E-state index in [4.69, 9.17) is 4.74 Å². The van der Waals surface area contributed by atoms with Crippen LogP contribution in [0.15, 0.2) is 53.0 Å². The Balaban J connectivity index is 1.86. The zero-order valence-corrected chi connectivity index (χ0v) is 13.6. The third-order valence-electron chi connectivity index (χ3n) is 3.48. The molecule has 3 rings (SSSR count). The fourth-order valence-electron chi connectivity index (χ4n) is 2.28. The first-order chi connectivity index (χ1) is 11.1. The van der Waals surface area contributed by atoms with Crippen LogP contribution < -0.4 is 4.74 Å². The minimum absolute atomic E-state index is 0.267. The highest BCUT2D eigenvalue weighted by Gasteiger charge is 2.30. The zero-order valence-electron chi connectivity index (χ0n) is 12.0. The van der Waals surface area contributed by atoms with Crippen LogP contribution in [-0.4, -0.2) is 35.6 Å². The van der Waals surface area contributed by atoms with Gasteiger partial charge in [0, 0.05) is 10.0 Å². The third kappa shape index (κ3) is 3.17. The van der Waals surface area contributed by atoms with Gasteiger partial charge in [-0.1, -0.05) is 40.2 Å². The minimum Gasteiger partial charge on any atom is -0.483 e. The summed E-state index contributed by atoms with van der Waals surface area (Å²) in [6.45, 7) is -0.576. The molecule has 1 aliphatic heterocycles. The lowest BCUT2D eigenvalue weighted by molar-refractivity contribution is -0.129. The maximum absolute atomic E-state index is 12.5. The summed E-state index contributed by atoms with van der Waals surface area (Å²) in [6.07, 6.45) is 0. The molecule has 0 saturated heterocycles. The molecule has 116 valence electrons. The Labute approximate surface area is 141 Å². The largest absolute Gasteiger partial charge is 0.483 e. The number of ether oxygens (including phenoxy) is 1. The van der Waals surface area contributed by atoms with Crippen molar-refractivity contribution in [2.24, 2.45) is 0 Å². The van der Waals surface area contributed by atoms with E-state index in [-0.39, 0.29) is 24.5 Å². The summed E-state index contributed by atoms with van der Waals surface area (Å²) in [5, 5.41) is 0. The molecular formula is C17H12BrNO4. The van der Waals surface area contributed by atoms with Gasteiger partial charge in [0.25, 0.3) is 11.8 Å². The van der Waals surface area contributed by atoms with E-state index >= 15 is 0 Å². The molecule has 0 radical (unpaired) electrons. The standard InChI is InChI=1S/C17H12BrNO4/c18-12-7-5-11(6-8-12)14(20)9-19-16(21)10-23-15-4-2-1-3-13(15)17(19)22/h1-8H,9-10H2. The maximum Gasteiger partial charge on any atom is 0.267 e. The molecule has 0 fully saturated rings. The highest BCUT2D eigenvalue weighted by atomic mass is 79.9. The second-order valence-corrected chi connectivity index (χ2v) is 5.92. The number of benzene rings is 2. The van der Waals surface area contributed by atoms with E-state index in [1.54, 1.807) is 48.5 Å². The van der Waals surface area contributed by atoms with Crippen molar-refractivity contribution in [2.45, 2.75) is 0 Å². The van der Waals surface area contributed by atoms with Crippen molar-refractivity contribution in [3.05, 3.63) is 64.1 Å². The summed E-state index contributed by atoms with van der Waals surface area (Å²) in [4.78, 5) is 37.9. The Bertz CT molecular complexity index is 785. The van der Waals surface area contributed by atoms with Crippen LogP contribution >= 0.6 is 15.9 Å². The number of rotatable bonds is 3. The first-order valence-electron chi connectivity index (χ1n) is 6.91. The van der Waals surface area contributed by atoms with Crippen molar-refractivity contribution in [2.75, 3.05) is 13.2 Å². The van der Waals surface area contributed by atoms with Crippen LogP contribution in [0.5, 0.6) is 5.75 Å². The van der Waals surface area contributed by atoms with E-state index < -0.39 is 11.8 Å². The van der Waals surface area contributed by atoms with Crippen LogP contribution in [-0.2, 0) is 4.79 Å². The fraction of sp³-hybridized carbons (Fsp3) is 0.118. The number of para-hydroxylation sites is 1. The molecule has 5 nitrogen and oxygen atoms in total. The number of imide groups is 1. The van der Waals surface area contributed by atoms with Crippen LogP contribution in [0, 0.1) is 0 Å². The van der Waals surface area contributed by atoms with Crippen LogP contribution in [0.1, 0.15) is 20.7 Å². The summed E-state index contributed by atoms with van der Waals surface area (Å²) in [7, 11) is 0. The van der Waals surface area contributed by atoms with Crippen LogP contribution in [0.3, 0.4) is 0 Å². The van der Waals surface area contributed by atoms with Crippen molar-refractivity contribution in [1.82, 2.24) is 4.90 Å². The summed E-state index contributed by atoms with van der Waals surface area (Å²) >= 11 is 3.29. The lowest BCUT2D eigenvalue weighted by Crippen LogP contribution is -2.41. The molecule has 2 amide bonds. The van der Waals surface area contributed by atoms with Gasteiger partial charge in [-0.15, -0.1) is 0 Å². The van der Waals surface area contributed by atoms with Crippen molar-refractivity contribution in [3.63, 3.8) is 0 Å². The summed E-state index contributed by atoms with van der Waals surface area (Å²) in [5.74, 6) is -1.01. The second kappa shape index (κ2) is 6.34. The van der Waals surface area contributed by atoms with Gasteiger partial charge in [0.15, 0.2) is 12.4 Å².